The number of hydrogen-bond acceptors (Lipinski definition) is 3. The second kappa shape index (κ2) is 4.90. The van der Waals surface area contributed by atoms with Crippen LogP contribution in [0.2, 0.25) is 0 Å². The summed E-state index contributed by atoms with van der Waals surface area (Å²) in [6, 6.07) is 0. The van der Waals surface area contributed by atoms with Crippen LogP contribution in [0, 0.1) is 0 Å². The number of carboxylic acid groups (broad SMARTS) is 1. The molecule has 96 valence electrons. The standard InChI is InChI=1S/C13H21NO3/c1-6-7-8(2)10-9(12(15)16)11(17-14-10)13(3,4)5/h8H,6-7H2,1-5H3,(H,15,16). The van der Waals surface area contributed by atoms with Gasteiger partial charge >= 0.3 is 5.97 Å². The van der Waals surface area contributed by atoms with Crippen molar-refractivity contribution in [3.05, 3.63) is 17.0 Å². The van der Waals surface area contributed by atoms with E-state index in [9.17, 15) is 9.90 Å². The molecule has 0 aliphatic heterocycles. The van der Waals surface area contributed by atoms with Gasteiger partial charge in [0.1, 0.15) is 11.3 Å². The molecule has 1 N–H and O–H groups in total. The lowest BCUT2D eigenvalue weighted by Crippen LogP contribution is -2.16. The molecule has 17 heavy (non-hydrogen) atoms. The SMILES string of the molecule is CCCC(C)c1noc(C(C)(C)C)c1C(=O)O. The van der Waals surface area contributed by atoms with E-state index < -0.39 is 5.97 Å². The second-order valence-electron chi connectivity index (χ2n) is 5.52. The molecule has 0 aromatic carbocycles. The van der Waals surface area contributed by atoms with Crippen molar-refractivity contribution in [2.75, 3.05) is 0 Å². The first-order chi connectivity index (χ1) is 7.79. The summed E-state index contributed by atoms with van der Waals surface area (Å²) in [7, 11) is 0. The maximum atomic E-state index is 11.4. The predicted molar refractivity (Wildman–Crippen MR) is 65.5 cm³/mol. The molecule has 0 saturated carbocycles. The van der Waals surface area contributed by atoms with Gasteiger partial charge < -0.3 is 9.63 Å². The van der Waals surface area contributed by atoms with Crippen LogP contribution in [0.4, 0.5) is 0 Å². The first kappa shape index (κ1) is 13.7. The molecular weight excluding hydrogens is 218 g/mol. The van der Waals surface area contributed by atoms with E-state index in [1.165, 1.54) is 0 Å². The van der Waals surface area contributed by atoms with Gasteiger partial charge in [-0.05, 0) is 6.42 Å². The largest absolute Gasteiger partial charge is 0.477 e. The van der Waals surface area contributed by atoms with Crippen molar-refractivity contribution in [1.82, 2.24) is 5.16 Å². The fourth-order valence-electron chi connectivity index (χ4n) is 1.93. The summed E-state index contributed by atoms with van der Waals surface area (Å²) in [6.45, 7) is 9.83. The van der Waals surface area contributed by atoms with Gasteiger partial charge in [-0.2, -0.15) is 0 Å². The van der Waals surface area contributed by atoms with Gasteiger partial charge in [0.15, 0.2) is 5.76 Å². The third-order valence-electron chi connectivity index (χ3n) is 2.80. The van der Waals surface area contributed by atoms with Gasteiger partial charge in [0.25, 0.3) is 0 Å². The molecule has 1 unspecified atom stereocenters. The normalized spacial score (nSPS) is 13.7. The average Bonchev–Trinajstić information content (AvgIpc) is 2.61. The molecule has 0 radical (unpaired) electrons. The van der Waals surface area contributed by atoms with Crippen LogP contribution in [0.5, 0.6) is 0 Å². The van der Waals surface area contributed by atoms with E-state index in [0.29, 0.717) is 11.5 Å². The molecule has 0 amide bonds. The Morgan fingerprint density at radius 2 is 2.06 bits per heavy atom. The van der Waals surface area contributed by atoms with Crippen LogP contribution in [-0.2, 0) is 5.41 Å². The summed E-state index contributed by atoms with van der Waals surface area (Å²) in [5.74, 6) is -0.372. The van der Waals surface area contributed by atoms with Gasteiger partial charge in [0, 0.05) is 11.3 Å². The zero-order valence-corrected chi connectivity index (χ0v) is 11.2. The first-order valence-electron chi connectivity index (χ1n) is 6.02. The van der Waals surface area contributed by atoms with E-state index in [1.54, 1.807) is 0 Å². The number of aromatic carboxylic acids is 1. The lowest BCUT2D eigenvalue weighted by atomic mass is 9.87. The van der Waals surface area contributed by atoms with Crippen molar-refractivity contribution in [2.45, 2.75) is 58.8 Å². The van der Waals surface area contributed by atoms with Crippen LogP contribution in [0.15, 0.2) is 4.52 Å². The van der Waals surface area contributed by atoms with Crippen LogP contribution in [-0.4, -0.2) is 16.2 Å². The minimum absolute atomic E-state index is 0.117. The zero-order chi connectivity index (χ0) is 13.2. The van der Waals surface area contributed by atoms with Crippen LogP contribution >= 0.6 is 0 Å². The fraction of sp³-hybridized carbons (Fsp3) is 0.692. The maximum Gasteiger partial charge on any atom is 0.341 e. The van der Waals surface area contributed by atoms with Crippen molar-refractivity contribution in [3.8, 4) is 0 Å². The molecule has 1 heterocycles. The Hall–Kier alpha value is -1.32. The van der Waals surface area contributed by atoms with Crippen molar-refractivity contribution in [3.63, 3.8) is 0 Å². The smallest absolute Gasteiger partial charge is 0.341 e. The van der Waals surface area contributed by atoms with E-state index in [0.717, 1.165) is 12.8 Å². The molecule has 0 aliphatic carbocycles. The summed E-state index contributed by atoms with van der Waals surface area (Å²) in [5.41, 5.74) is 0.480. The van der Waals surface area contributed by atoms with Crippen molar-refractivity contribution in [2.24, 2.45) is 0 Å². The van der Waals surface area contributed by atoms with E-state index in [2.05, 4.69) is 12.1 Å². The fourth-order valence-corrected chi connectivity index (χ4v) is 1.93. The van der Waals surface area contributed by atoms with Gasteiger partial charge in [0.2, 0.25) is 0 Å². The monoisotopic (exact) mass is 239 g/mol. The Morgan fingerprint density at radius 3 is 2.47 bits per heavy atom. The average molecular weight is 239 g/mol. The lowest BCUT2D eigenvalue weighted by molar-refractivity contribution is 0.0690. The Morgan fingerprint density at radius 1 is 1.47 bits per heavy atom. The highest BCUT2D eigenvalue weighted by molar-refractivity contribution is 5.90. The van der Waals surface area contributed by atoms with Crippen LogP contribution < -0.4 is 0 Å². The van der Waals surface area contributed by atoms with E-state index in [-0.39, 0.29) is 16.9 Å². The van der Waals surface area contributed by atoms with E-state index in [1.807, 2.05) is 27.7 Å². The molecule has 0 saturated heterocycles. The minimum Gasteiger partial charge on any atom is -0.477 e. The molecule has 0 spiro atoms. The number of hydrogen-bond donors (Lipinski definition) is 1. The van der Waals surface area contributed by atoms with Gasteiger partial charge in [-0.1, -0.05) is 46.2 Å². The third kappa shape index (κ3) is 2.87. The lowest BCUT2D eigenvalue weighted by Gasteiger charge is -2.15. The number of nitrogens with zero attached hydrogens (tertiary/aromatic N) is 1. The van der Waals surface area contributed by atoms with Crippen molar-refractivity contribution >= 4 is 5.97 Å². The van der Waals surface area contributed by atoms with Gasteiger partial charge in [-0.3, -0.25) is 0 Å². The zero-order valence-electron chi connectivity index (χ0n) is 11.2. The maximum absolute atomic E-state index is 11.4. The number of carbonyl (C=O) groups is 1. The summed E-state index contributed by atoms with van der Waals surface area (Å²) in [6.07, 6.45) is 1.91. The molecule has 4 heteroatoms. The summed E-state index contributed by atoms with van der Waals surface area (Å²) in [5, 5.41) is 13.3. The minimum atomic E-state index is -0.950. The summed E-state index contributed by atoms with van der Waals surface area (Å²) >= 11 is 0. The third-order valence-corrected chi connectivity index (χ3v) is 2.80. The molecule has 1 atom stereocenters. The van der Waals surface area contributed by atoms with Crippen LogP contribution in [0.3, 0.4) is 0 Å². The molecule has 0 fully saturated rings. The Bertz CT molecular complexity index is 401. The van der Waals surface area contributed by atoms with Gasteiger partial charge in [0.05, 0.1) is 0 Å². The van der Waals surface area contributed by atoms with Gasteiger partial charge in [-0.25, -0.2) is 4.79 Å². The van der Waals surface area contributed by atoms with E-state index >= 15 is 0 Å². The van der Waals surface area contributed by atoms with Crippen molar-refractivity contribution < 1.29 is 14.4 Å². The van der Waals surface area contributed by atoms with Gasteiger partial charge in [-0.15, -0.1) is 0 Å². The highest BCUT2D eigenvalue weighted by atomic mass is 16.5. The molecule has 1 rings (SSSR count). The molecule has 1 aromatic heterocycles. The van der Waals surface area contributed by atoms with E-state index in [4.69, 9.17) is 4.52 Å². The van der Waals surface area contributed by atoms with Crippen LogP contribution in [0.25, 0.3) is 0 Å². The molecule has 0 bridgehead atoms. The Labute approximate surface area is 102 Å². The highest BCUT2D eigenvalue weighted by Gasteiger charge is 2.32. The first-order valence-corrected chi connectivity index (χ1v) is 6.02. The predicted octanol–water partition coefficient (Wildman–Crippen LogP) is 3.57. The number of rotatable bonds is 4. The summed E-state index contributed by atoms with van der Waals surface area (Å²) < 4.78 is 5.26. The topological polar surface area (TPSA) is 63.3 Å². The quantitative estimate of drug-likeness (QED) is 0.872. The number of carboxylic acids is 1. The molecular formula is C13H21NO3. The van der Waals surface area contributed by atoms with Crippen LogP contribution in [0.1, 0.15) is 75.2 Å². The van der Waals surface area contributed by atoms with Crippen molar-refractivity contribution in [1.29, 1.82) is 0 Å². The Balaban J connectivity index is 3.25. The second-order valence-corrected chi connectivity index (χ2v) is 5.52. The highest BCUT2D eigenvalue weighted by Crippen LogP contribution is 2.32. The molecule has 4 nitrogen and oxygen atoms in total. The Kier molecular flexibility index (Phi) is 3.96. The molecule has 0 aliphatic rings. The number of aromatic nitrogens is 1. The molecule has 1 aromatic rings. The summed E-state index contributed by atoms with van der Waals surface area (Å²) in [4.78, 5) is 11.4.